The van der Waals surface area contributed by atoms with Crippen LogP contribution in [0.15, 0.2) is 0 Å². The van der Waals surface area contributed by atoms with Crippen molar-refractivity contribution in [3.63, 3.8) is 0 Å². The summed E-state index contributed by atoms with van der Waals surface area (Å²) in [7, 11) is 1.64. The number of aliphatic carboxylic acids is 1. The van der Waals surface area contributed by atoms with Gasteiger partial charge in [0.15, 0.2) is 0 Å². The molecule has 0 radical (unpaired) electrons. The monoisotopic (exact) mass is 286 g/mol. The van der Waals surface area contributed by atoms with Gasteiger partial charge in [-0.05, 0) is 19.8 Å². The molecule has 0 aromatic heterocycles. The van der Waals surface area contributed by atoms with Gasteiger partial charge in [-0.25, -0.2) is 4.79 Å². The predicted octanol–water partition coefficient (Wildman–Crippen LogP) is 0.297. The van der Waals surface area contributed by atoms with Crippen LogP contribution in [0.2, 0.25) is 0 Å². The van der Waals surface area contributed by atoms with E-state index in [2.05, 4.69) is 5.32 Å². The number of piperidine rings is 1. The SMILES string of the molecule is COC1CCCN(C(=O)NC2COCC2(C)C(=O)O)C1. The molecule has 3 unspecified atom stereocenters. The molecule has 2 aliphatic heterocycles. The van der Waals surface area contributed by atoms with Crippen LogP contribution >= 0.6 is 0 Å². The fourth-order valence-corrected chi connectivity index (χ4v) is 2.64. The Hall–Kier alpha value is -1.34. The summed E-state index contributed by atoms with van der Waals surface area (Å²) in [4.78, 5) is 25.2. The Bertz CT molecular complexity index is 389. The first-order chi connectivity index (χ1) is 9.47. The van der Waals surface area contributed by atoms with Crippen LogP contribution in [0.1, 0.15) is 19.8 Å². The van der Waals surface area contributed by atoms with Gasteiger partial charge >= 0.3 is 12.0 Å². The smallest absolute Gasteiger partial charge is 0.317 e. The molecule has 20 heavy (non-hydrogen) atoms. The highest BCUT2D eigenvalue weighted by atomic mass is 16.5. The topological polar surface area (TPSA) is 88.1 Å². The zero-order chi connectivity index (χ0) is 14.8. The van der Waals surface area contributed by atoms with Crippen LogP contribution in [-0.2, 0) is 14.3 Å². The fraction of sp³-hybridized carbons (Fsp3) is 0.846. The largest absolute Gasteiger partial charge is 0.481 e. The van der Waals surface area contributed by atoms with Crippen molar-refractivity contribution in [1.82, 2.24) is 10.2 Å². The maximum atomic E-state index is 12.2. The third-order valence-corrected chi connectivity index (χ3v) is 4.24. The van der Waals surface area contributed by atoms with E-state index < -0.39 is 17.4 Å². The number of rotatable bonds is 3. The van der Waals surface area contributed by atoms with Gasteiger partial charge in [0.05, 0.1) is 25.4 Å². The van der Waals surface area contributed by atoms with Crippen molar-refractivity contribution in [2.45, 2.75) is 31.9 Å². The van der Waals surface area contributed by atoms with Crippen molar-refractivity contribution in [3.05, 3.63) is 0 Å². The van der Waals surface area contributed by atoms with Gasteiger partial charge in [0, 0.05) is 20.2 Å². The van der Waals surface area contributed by atoms with Crippen LogP contribution in [0.5, 0.6) is 0 Å². The summed E-state index contributed by atoms with van der Waals surface area (Å²) in [6.45, 7) is 3.16. The third-order valence-electron chi connectivity index (χ3n) is 4.24. The number of hydrogen-bond donors (Lipinski definition) is 2. The average molecular weight is 286 g/mol. The molecular weight excluding hydrogens is 264 g/mol. The zero-order valence-corrected chi connectivity index (χ0v) is 11.9. The number of ether oxygens (including phenoxy) is 2. The van der Waals surface area contributed by atoms with Crippen LogP contribution < -0.4 is 5.32 Å². The summed E-state index contributed by atoms with van der Waals surface area (Å²) in [6, 6.07) is -0.745. The Balaban J connectivity index is 1.95. The second-order valence-electron chi connectivity index (χ2n) is 5.69. The van der Waals surface area contributed by atoms with Crippen LogP contribution in [0.4, 0.5) is 4.79 Å². The van der Waals surface area contributed by atoms with Crippen LogP contribution in [0.3, 0.4) is 0 Å². The van der Waals surface area contributed by atoms with Gasteiger partial charge in [0.1, 0.15) is 5.41 Å². The third kappa shape index (κ3) is 2.88. The number of carbonyl (C=O) groups is 2. The Morgan fingerprint density at radius 1 is 1.50 bits per heavy atom. The Morgan fingerprint density at radius 3 is 2.90 bits per heavy atom. The van der Waals surface area contributed by atoms with Crippen molar-refractivity contribution in [2.75, 3.05) is 33.4 Å². The number of likely N-dealkylation sites (tertiary alicyclic amines) is 1. The predicted molar refractivity (Wildman–Crippen MR) is 70.5 cm³/mol. The van der Waals surface area contributed by atoms with E-state index in [9.17, 15) is 14.7 Å². The van der Waals surface area contributed by atoms with Gasteiger partial charge in [0.2, 0.25) is 0 Å². The van der Waals surface area contributed by atoms with E-state index in [0.29, 0.717) is 13.1 Å². The van der Waals surface area contributed by atoms with E-state index in [-0.39, 0.29) is 25.3 Å². The summed E-state index contributed by atoms with van der Waals surface area (Å²) in [5, 5.41) is 12.1. The van der Waals surface area contributed by atoms with Crippen molar-refractivity contribution in [2.24, 2.45) is 5.41 Å². The van der Waals surface area contributed by atoms with Crippen LogP contribution in [-0.4, -0.2) is 67.6 Å². The molecule has 0 aromatic rings. The van der Waals surface area contributed by atoms with Crippen LogP contribution in [0.25, 0.3) is 0 Å². The van der Waals surface area contributed by atoms with Gasteiger partial charge in [-0.1, -0.05) is 0 Å². The van der Waals surface area contributed by atoms with Gasteiger partial charge in [-0.3, -0.25) is 4.79 Å². The first-order valence-electron chi connectivity index (χ1n) is 6.86. The molecular formula is C13H22N2O5. The number of nitrogens with one attached hydrogen (secondary N) is 1. The first-order valence-corrected chi connectivity index (χ1v) is 6.86. The Labute approximate surface area is 118 Å². The highest BCUT2D eigenvalue weighted by molar-refractivity contribution is 5.79. The summed E-state index contributed by atoms with van der Waals surface area (Å²) in [6.07, 6.45) is 1.89. The molecule has 3 atom stereocenters. The maximum absolute atomic E-state index is 12.2. The number of nitrogens with zero attached hydrogens (tertiary/aromatic N) is 1. The number of carboxylic acid groups (broad SMARTS) is 1. The Kier molecular flexibility index (Phi) is 4.49. The number of amides is 2. The summed E-state index contributed by atoms with van der Waals surface area (Å²) < 4.78 is 10.5. The van der Waals surface area contributed by atoms with Crippen molar-refractivity contribution < 1.29 is 24.2 Å². The van der Waals surface area contributed by atoms with E-state index in [4.69, 9.17) is 9.47 Å². The number of carboxylic acids is 1. The molecule has 0 saturated carbocycles. The van der Waals surface area contributed by atoms with Crippen molar-refractivity contribution >= 4 is 12.0 Å². The molecule has 114 valence electrons. The van der Waals surface area contributed by atoms with E-state index in [1.54, 1.807) is 18.9 Å². The standard InChI is InChI=1S/C13H22N2O5/c1-13(11(16)17)8-20-7-10(13)14-12(18)15-5-3-4-9(6-15)19-2/h9-10H,3-8H2,1-2H3,(H,14,18)(H,16,17). The average Bonchev–Trinajstić information content (AvgIpc) is 2.81. The quantitative estimate of drug-likeness (QED) is 0.779. The second kappa shape index (κ2) is 5.97. The maximum Gasteiger partial charge on any atom is 0.317 e. The summed E-state index contributed by atoms with van der Waals surface area (Å²) in [5.74, 6) is -0.950. The summed E-state index contributed by atoms with van der Waals surface area (Å²) >= 11 is 0. The minimum Gasteiger partial charge on any atom is -0.481 e. The van der Waals surface area contributed by atoms with Crippen molar-refractivity contribution in [1.29, 1.82) is 0 Å². The van der Waals surface area contributed by atoms with Crippen LogP contribution in [0, 0.1) is 5.41 Å². The lowest BCUT2D eigenvalue weighted by Gasteiger charge is -2.34. The van der Waals surface area contributed by atoms with Gasteiger partial charge in [-0.2, -0.15) is 0 Å². The lowest BCUT2D eigenvalue weighted by Crippen LogP contribution is -2.55. The number of hydrogen-bond acceptors (Lipinski definition) is 4. The molecule has 0 spiro atoms. The molecule has 2 amide bonds. The minimum atomic E-state index is -1.06. The van der Waals surface area contributed by atoms with E-state index in [0.717, 1.165) is 12.8 Å². The molecule has 0 aromatic carbocycles. The van der Waals surface area contributed by atoms with E-state index in [1.807, 2.05) is 0 Å². The van der Waals surface area contributed by atoms with E-state index >= 15 is 0 Å². The lowest BCUT2D eigenvalue weighted by atomic mass is 9.85. The fourth-order valence-electron chi connectivity index (χ4n) is 2.64. The number of methoxy groups -OCH3 is 1. The second-order valence-corrected chi connectivity index (χ2v) is 5.69. The molecule has 2 fully saturated rings. The van der Waals surface area contributed by atoms with Gasteiger partial charge < -0.3 is 24.8 Å². The highest BCUT2D eigenvalue weighted by Crippen LogP contribution is 2.29. The molecule has 7 nitrogen and oxygen atoms in total. The molecule has 7 heteroatoms. The summed E-state index contributed by atoms with van der Waals surface area (Å²) in [5.41, 5.74) is -1.06. The van der Waals surface area contributed by atoms with Gasteiger partial charge in [0.25, 0.3) is 0 Å². The zero-order valence-electron chi connectivity index (χ0n) is 11.9. The number of carbonyl (C=O) groups excluding carboxylic acids is 1. The van der Waals surface area contributed by atoms with E-state index in [1.165, 1.54) is 0 Å². The molecule has 2 aliphatic rings. The molecule has 2 heterocycles. The molecule has 0 aliphatic carbocycles. The van der Waals surface area contributed by atoms with Crippen molar-refractivity contribution in [3.8, 4) is 0 Å². The normalized spacial score (nSPS) is 34.0. The first kappa shape index (κ1) is 15.1. The van der Waals surface area contributed by atoms with Gasteiger partial charge in [-0.15, -0.1) is 0 Å². The molecule has 2 rings (SSSR count). The highest BCUT2D eigenvalue weighted by Gasteiger charge is 2.47. The lowest BCUT2D eigenvalue weighted by molar-refractivity contribution is -0.148. The minimum absolute atomic E-state index is 0.0557. The molecule has 2 N–H and O–H groups in total. The Morgan fingerprint density at radius 2 is 2.25 bits per heavy atom. The molecule has 0 bridgehead atoms. The number of urea groups is 1. The molecule has 2 saturated heterocycles.